The van der Waals surface area contributed by atoms with Gasteiger partial charge in [0.15, 0.2) is 0 Å². The molecule has 0 saturated carbocycles. The average Bonchev–Trinajstić information content (AvgIpc) is 2.48. The van der Waals surface area contributed by atoms with Gasteiger partial charge in [0.25, 0.3) is 5.91 Å². The lowest BCUT2D eigenvalue weighted by Gasteiger charge is -2.28. The molecule has 3 nitrogen and oxygen atoms in total. The van der Waals surface area contributed by atoms with Crippen LogP contribution < -0.4 is 5.32 Å². The Bertz CT molecular complexity index is 479. The molecule has 0 radical (unpaired) electrons. The number of nitrogens with zero attached hydrogens (tertiary/aromatic N) is 1. The van der Waals surface area contributed by atoms with Crippen molar-refractivity contribution in [3.05, 3.63) is 35.4 Å². The number of amides is 1. The number of hydrogen-bond acceptors (Lipinski definition) is 2. The summed E-state index contributed by atoms with van der Waals surface area (Å²) < 4.78 is 0. The summed E-state index contributed by atoms with van der Waals surface area (Å²) >= 11 is 0. The maximum Gasteiger partial charge on any atom is 0.251 e. The Labute approximate surface area is 135 Å². The minimum atomic E-state index is 0.0494. The predicted octanol–water partition coefficient (Wildman–Crippen LogP) is 3.45. The van der Waals surface area contributed by atoms with Crippen molar-refractivity contribution in [2.45, 2.75) is 45.4 Å². The summed E-state index contributed by atoms with van der Waals surface area (Å²) in [5, 5.41) is 3.06. The van der Waals surface area contributed by atoms with E-state index in [0.29, 0.717) is 0 Å². The molecule has 1 fully saturated rings. The van der Waals surface area contributed by atoms with Crippen molar-refractivity contribution < 1.29 is 4.79 Å². The average molecular weight is 302 g/mol. The van der Waals surface area contributed by atoms with Crippen molar-refractivity contribution in [2.75, 3.05) is 26.7 Å². The first-order chi connectivity index (χ1) is 10.4. The van der Waals surface area contributed by atoms with E-state index >= 15 is 0 Å². The lowest BCUT2D eigenvalue weighted by Crippen LogP contribution is -2.32. The third-order valence-corrected chi connectivity index (χ3v) is 4.69. The molecule has 2 rings (SSSR count). The van der Waals surface area contributed by atoms with E-state index in [-0.39, 0.29) is 11.3 Å². The number of hydrogen-bond donors (Lipinski definition) is 1. The van der Waals surface area contributed by atoms with Gasteiger partial charge in [0, 0.05) is 12.1 Å². The van der Waals surface area contributed by atoms with Crippen molar-refractivity contribution in [1.29, 1.82) is 0 Å². The Morgan fingerprint density at radius 2 is 1.77 bits per heavy atom. The maximum absolute atomic E-state index is 12.2. The summed E-state index contributed by atoms with van der Waals surface area (Å²) in [4.78, 5) is 14.6. The summed E-state index contributed by atoms with van der Waals surface area (Å²) in [6, 6.07) is 7.99. The number of carbonyl (C=O) groups excluding carboxylic acids is 1. The Morgan fingerprint density at radius 3 is 2.32 bits per heavy atom. The predicted molar refractivity (Wildman–Crippen MR) is 92.3 cm³/mol. The van der Waals surface area contributed by atoms with Crippen LogP contribution in [-0.2, 0) is 5.41 Å². The van der Waals surface area contributed by atoms with Crippen molar-refractivity contribution in [2.24, 2.45) is 5.92 Å². The van der Waals surface area contributed by atoms with Crippen LogP contribution in [0.25, 0.3) is 0 Å². The van der Waals surface area contributed by atoms with Gasteiger partial charge in [0.2, 0.25) is 0 Å². The molecule has 0 atom stereocenters. The van der Waals surface area contributed by atoms with Gasteiger partial charge < -0.3 is 10.2 Å². The second-order valence-electron chi connectivity index (χ2n) is 7.62. The maximum atomic E-state index is 12.2. The van der Waals surface area contributed by atoms with E-state index in [9.17, 15) is 4.79 Å². The second kappa shape index (κ2) is 7.28. The fourth-order valence-electron chi connectivity index (χ4n) is 2.96. The van der Waals surface area contributed by atoms with Gasteiger partial charge in [-0.05, 0) is 68.4 Å². The van der Waals surface area contributed by atoms with Gasteiger partial charge >= 0.3 is 0 Å². The Hall–Kier alpha value is -1.35. The van der Waals surface area contributed by atoms with E-state index in [0.717, 1.165) is 24.4 Å². The minimum absolute atomic E-state index is 0.0494. The highest BCUT2D eigenvalue weighted by molar-refractivity contribution is 5.94. The molecule has 1 saturated heterocycles. The lowest BCUT2D eigenvalue weighted by atomic mass is 9.86. The van der Waals surface area contributed by atoms with Crippen LogP contribution in [0.2, 0.25) is 0 Å². The van der Waals surface area contributed by atoms with E-state index in [1.165, 1.54) is 31.5 Å². The highest BCUT2D eigenvalue weighted by Gasteiger charge is 2.17. The van der Waals surface area contributed by atoms with Crippen LogP contribution in [0.5, 0.6) is 0 Å². The van der Waals surface area contributed by atoms with Crippen LogP contribution in [0.15, 0.2) is 24.3 Å². The number of rotatable bonds is 4. The molecule has 0 aliphatic carbocycles. The Kier molecular flexibility index (Phi) is 5.63. The largest absolute Gasteiger partial charge is 0.352 e. The topological polar surface area (TPSA) is 32.3 Å². The van der Waals surface area contributed by atoms with Crippen LogP contribution in [0.1, 0.15) is 56.0 Å². The second-order valence-corrected chi connectivity index (χ2v) is 7.62. The molecule has 3 heteroatoms. The number of likely N-dealkylation sites (tertiary alicyclic amines) is 1. The number of nitrogens with one attached hydrogen (secondary N) is 1. The minimum Gasteiger partial charge on any atom is -0.352 e. The zero-order valence-electron chi connectivity index (χ0n) is 14.5. The Balaban J connectivity index is 1.77. The number of piperidine rings is 1. The lowest BCUT2D eigenvalue weighted by molar-refractivity contribution is 0.0949. The van der Waals surface area contributed by atoms with Crippen molar-refractivity contribution in [3.63, 3.8) is 0 Å². The molecule has 0 unspecified atom stereocenters. The SMILES string of the molecule is CN1CCC(CCNC(=O)c2ccc(C(C)(C)C)cc2)CC1. The fourth-order valence-corrected chi connectivity index (χ4v) is 2.96. The van der Waals surface area contributed by atoms with Gasteiger partial charge in [-0.2, -0.15) is 0 Å². The van der Waals surface area contributed by atoms with Gasteiger partial charge in [-0.25, -0.2) is 0 Å². The third kappa shape index (κ3) is 4.84. The first kappa shape index (κ1) is 17.0. The summed E-state index contributed by atoms with van der Waals surface area (Å²) in [7, 11) is 2.18. The van der Waals surface area contributed by atoms with Gasteiger partial charge in [-0.1, -0.05) is 32.9 Å². The molecule has 1 amide bonds. The molecular weight excluding hydrogens is 272 g/mol. The zero-order chi connectivity index (χ0) is 16.2. The van der Waals surface area contributed by atoms with Gasteiger partial charge in [-0.15, -0.1) is 0 Å². The molecule has 1 N–H and O–H groups in total. The molecule has 1 aromatic carbocycles. The zero-order valence-corrected chi connectivity index (χ0v) is 14.5. The van der Waals surface area contributed by atoms with Crippen LogP contribution in [0.3, 0.4) is 0 Å². The molecule has 1 heterocycles. The van der Waals surface area contributed by atoms with E-state index in [4.69, 9.17) is 0 Å². The highest BCUT2D eigenvalue weighted by Crippen LogP contribution is 2.22. The van der Waals surface area contributed by atoms with Gasteiger partial charge in [0.1, 0.15) is 0 Å². The molecule has 22 heavy (non-hydrogen) atoms. The normalized spacial score (nSPS) is 17.5. The van der Waals surface area contributed by atoms with Crippen LogP contribution >= 0.6 is 0 Å². The number of benzene rings is 1. The monoisotopic (exact) mass is 302 g/mol. The van der Waals surface area contributed by atoms with Crippen LogP contribution in [-0.4, -0.2) is 37.5 Å². The number of carbonyl (C=O) groups is 1. The standard InChI is InChI=1S/C19H30N2O/c1-19(2,3)17-7-5-16(6-8-17)18(22)20-12-9-15-10-13-21(4)14-11-15/h5-8,15H,9-14H2,1-4H3,(H,20,22). The first-order valence-electron chi connectivity index (χ1n) is 8.43. The quantitative estimate of drug-likeness (QED) is 0.924. The Morgan fingerprint density at radius 1 is 1.18 bits per heavy atom. The third-order valence-electron chi connectivity index (χ3n) is 4.69. The molecule has 122 valence electrons. The van der Waals surface area contributed by atoms with E-state index in [1.807, 2.05) is 12.1 Å². The molecule has 0 aromatic heterocycles. The first-order valence-corrected chi connectivity index (χ1v) is 8.43. The van der Waals surface area contributed by atoms with Crippen LogP contribution in [0, 0.1) is 5.92 Å². The molecule has 0 bridgehead atoms. The summed E-state index contributed by atoms with van der Waals surface area (Å²) in [5.74, 6) is 0.813. The van der Waals surface area contributed by atoms with Gasteiger partial charge in [0.05, 0.1) is 0 Å². The summed E-state index contributed by atoms with van der Waals surface area (Å²) in [6.07, 6.45) is 3.61. The van der Waals surface area contributed by atoms with E-state index in [1.54, 1.807) is 0 Å². The summed E-state index contributed by atoms with van der Waals surface area (Å²) in [6.45, 7) is 9.71. The van der Waals surface area contributed by atoms with E-state index in [2.05, 4.69) is 50.2 Å². The van der Waals surface area contributed by atoms with Crippen LogP contribution in [0.4, 0.5) is 0 Å². The van der Waals surface area contributed by atoms with Crippen molar-refractivity contribution in [1.82, 2.24) is 10.2 Å². The molecule has 1 aromatic rings. The summed E-state index contributed by atoms with van der Waals surface area (Å²) in [5.41, 5.74) is 2.15. The smallest absolute Gasteiger partial charge is 0.251 e. The fraction of sp³-hybridized carbons (Fsp3) is 0.632. The van der Waals surface area contributed by atoms with Gasteiger partial charge in [-0.3, -0.25) is 4.79 Å². The highest BCUT2D eigenvalue weighted by atomic mass is 16.1. The van der Waals surface area contributed by atoms with Crippen molar-refractivity contribution in [3.8, 4) is 0 Å². The molecular formula is C19H30N2O. The molecule has 1 aliphatic heterocycles. The molecule has 1 aliphatic rings. The van der Waals surface area contributed by atoms with Crippen molar-refractivity contribution >= 4 is 5.91 Å². The molecule has 0 spiro atoms. The van der Waals surface area contributed by atoms with E-state index < -0.39 is 0 Å².